The smallest absolute Gasteiger partial charge is 0.332 e. The Bertz CT molecular complexity index is 238. The minimum atomic E-state index is -0.125. The minimum Gasteiger partial charge on any atom is -0.332 e. The largest absolute Gasteiger partial charge is 1.00 e. The molecule has 0 spiro atoms. The van der Waals surface area contributed by atoms with Gasteiger partial charge in [0.1, 0.15) is 0 Å². The molecule has 1 aromatic carbocycles. The van der Waals surface area contributed by atoms with Crippen LogP contribution in [-0.4, -0.2) is 5.78 Å². The second-order valence-electron chi connectivity index (χ2n) is 2.29. The summed E-state index contributed by atoms with van der Waals surface area (Å²) >= 11 is 0. The van der Waals surface area contributed by atoms with Crippen LogP contribution in [0, 0.1) is 13.8 Å². The van der Waals surface area contributed by atoms with Gasteiger partial charge in [-0.15, -0.1) is 17.7 Å². The molecule has 0 aliphatic rings. The maximum Gasteiger partial charge on any atom is 1.00 e. The molecule has 1 rings (SSSR count). The number of hydrogen-bond acceptors (Lipinski definition) is 1. The molecular weight excluding hydrogens is 131 g/mol. The van der Waals surface area contributed by atoms with Gasteiger partial charge in [-0.25, -0.2) is 0 Å². The summed E-state index contributed by atoms with van der Waals surface area (Å²) in [5.74, 6) is -0.125. The number of Topliss-reactive ketones (excluding diaryl/α,β-unsaturated/α-hetero) is 1. The van der Waals surface area contributed by atoms with Crippen molar-refractivity contribution in [3.05, 3.63) is 42.3 Å². The first-order chi connectivity index (χ1) is 4.70. The van der Waals surface area contributed by atoms with E-state index in [1.54, 1.807) is 12.1 Å². The minimum absolute atomic E-state index is 0. The Balaban J connectivity index is 0.000001000. The molecule has 0 saturated heterocycles. The van der Waals surface area contributed by atoms with Gasteiger partial charge in [0.05, 0.1) is 0 Å². The number of carbonyl (C=O) groups is 1. The maximum absolute atomic E-state index is 10.6. The standard InChI is InChI=1S/C9H9O.Li/c1-7-3-5-9(6-4-7)8(2)10;/h3-6H,2H2,1H3;/q-1;+1. The predicted molar refractivity (Wildman–Crippen MR) is 40.9 cm³/mol. The van der Waals surface area contributed by atoms with Gasteiger partial charge in [0.25, 0.3) is 0 Å². The molecular formula is C9H9LiO. The molecule has 0 aromatic heterocycles. The third-order valence-electron chi connectivity index (χ3n) is 1.37. The number of aryl methyl sites for hydroxylation is 1. The van der Waals surface area contributed by atoms with Crippen molar-refractivity contribution >= 4 is 5.78 Å². The van der Waals surface area contributed by atoms with Crippen LogP contribution in [0.4, 0.5) is 0 Å². The summed E-state index contributed by atoms with van der Waals surface area (Å²) in [7, 11) is 0. The Labute approximate surface area is 79.0 Å². The van der Waals surface area contributed by atoms with Crippen molar-refractivity contribution in [1.29, 1.82) is 0 Å². The third-order valence-corrected chi connectivity index (χ3v) is 1.37. The molecule has 0 saturated carbocycles. The Morgan fingerprint density at radius 1 is 1.27 bits per heavy atom. The van der Waals surface area contributed by atoms with Crippen molar-refractivity contribution in [2.24, 2.45) is 0 Å². The fourth-order valence-corrected chi connectivity index (χ4v) is 0.739. The molecule has 1 aromatic rings. The van der Waals surface area contributed by atoms with Crippen molar-refractivity contribution in [1.82, 2.24) is 0 Å². The Morgan fingerprint density at radius 2 is 1.73 bits per heavy atom. The van der Waals surface area contributed by atoms with E-state index in [9.17, 15) is 4.79 Å². The normalized spacial score (nSPS) is 8.45. The zero-order valence-corrected chi connectivity index (χ0v) is 6.92. The fraction of sp³-hybridized carbons (Fsp3) is 0.111. The van der Waals surface area contributed by atoms with Gasteiger partial charge in [-0.05, 0) is 6.92 Å². The summed E-state index contributed by atoms with van der Waals surface area (Å²) in [4.78, 5) is 10.6. The van der Waals surface area contributed by atoms with Crippen molar-refractivity contribution < 1.29 is 23.7 Å². The van der Waals surface area contributed by atoms with Gasteiger partial charge in [0.15, 0.2) is 0 Å². The van der Waals surface area contributed by atoms with Gasteiger partial charge in [-0.1, -0.05) is 17.7 Å². The van der Waals surface area contributed by atoms with E-state index in [0.717, 1.165) is 5.56 Å². The van der Waals surface area contributed by atoms with Gasteiger partial charge < -0.3 is 4.79 Å². The molecule has 0 fully saturated rings. The molecule has 0 radical (unpaired) electrons. The van der Waals surface area contributed by atoms with Crippen LogP contribution in [0.1, 0.15) is 15.9 Å². The average Bonchev–Trinajstić information content (AvgIpc) is 1.88. The first kappa shape index (κ1) is 10.4. The third kappa shape index (κ3) is 2.84. The summed E-state index contributed by atoms with van der Waals surface area (Å²) < 4.78 is 0. The fourth-order valence-electron chi connectivity index (χ4n) is 0.739. The summed E-state index contributed by atoms with van der Waals surface area (Å²) in [5.41, 5.74) is 1.83. The van der Waals surface area contributed by atoms with Crippen LogP contribution in [-0.2, 0) is 0 Å². The van der Waals surface area contributed by atoms with Crippen LogP contribution >= 0.6 is 0 Å². The molecule has 0 atom stereocenters. The van der Waals surface area contributed by atoms with Gasteiger partial charge in [-0.2, -0.15) is 6.92 Å². The molecule has 52 valence electrons. The Morgan fingerprint density at radius 3 is 2.09 bits per heavy atom. The Hall–Kier alpha value is -0.643. The first-order valence-electron chi connectivity index (χ1n) is 3.13. The molecule has 0 aliphatic heterocycles. The summed E-state index contributed by atoms with van der Waals surface area (Å²) in [5, 5.41) is 0. The quantitative estimate of drug-likeness (QED) is 0.278. The van der Waals surface area contributed by atoms with E-state index < -0.39 is 0 Å². The topological polar surface area (TPSA) is 17.1 Å². The van der Waals surface area contributed by atoms with Gasteiger partial charge in [-0.3, -0.25) is 0 Å². The van der Waals surface area contributed by atoms with Crippen LogP contribution in [0.5, 0.6) is 0 Å². The molecule has 0 aliphatic carbocycles. The second kappa shape index (κ2) is 4.28. The van der Waals surface area contributed by atoms with Crippen molar-refractivity contribution in [3.63, 3.8) is 0 Å². The summed E-state index contributed by atoms with van der Waals surface area (Å²) in [6.45, 7) is 5.28. The second-order valence-corrected chi connectivity index (χ2v) is 2.29. The summed E-state index contributed by atoms with van der Waals surface area (Å²) in [6, 6.07) is 7.37. The molecule has 0 amide bonds. The molecule has 0 heterocycles. The predicted octanol–water partition coefficient (Wildman–Crippen LogP) is -0.984. The van der Waals surface area contributed by atoms with Crippen molar-refractivity contribution in [2.75, 3.05) is 0 Å². The van der Waals surface area contributed by atoms with Gasteiger partial charge in [0, 0.05) is 5.78 Å². The SMILES string of the molecule is [CH2-]C(=O)c1ccc(C)cc1.[Li+]. The van der Waals surface area contributed by atoms with Crippen molar-refractivity contribution in [2.45, 2.75) is 6.92 Å². The van der Waals surface area contributed by atoms with Crippen LogP contribution in [0.2, 0.25) is 0 Å². The monoisotopic (exact) mass is 140 g/mol. The number of hydrogen-bond donors (Lipinski definition) is 0. The van der Waals surface area contributed by atoms with Crippen LogP contribution in [0.3, 0.4) is 0 Å². The molecule has 0 unspecified atom stereocenters. The van der Waals surface area contributed by atoms with E-state index in [4.69, 9.17) is 0 Å². The molecule has 11 heavy (non-hydrogen) atoms. The first-order valence-corrected chi connectivity index (χ1v) is 3.13. The van der Waals surface area contributed by atoms with Gasteiger partial charge in [0.2, 0.25) is 0 Å². The van der Waals surface area contributed by atoms with Gasteiger partial charge >= 0.3 is 18.9 Å². The molecule has 0 N–H and O–H groups in total. The van der Waals surface area contributed by atoms with Crippen LogP contribution < -0.4 is 18.9 Å². The van der Waals surface area contributed by atoms with Crippen LogP contribution in [0.25, 0.3) is 0 Å². The zero-order chi connectivity index (χ0) is 7.56. The number of rotatable bonds is 1. The summed E-state index contributed by atoms with van der Waals surface area (Å²) in [6.07, 6.45) is 0. The number of benzene rings is 1. The average molecular weight is 140 g/mol. The van der Waals surface area contributed by atoms with E-state index in [1.807, 2.05) is 19.1 Å². The van der Waals surface area contributed by atoms with E-state index in [-0.39, 0.29) is 24.6 Å². The number of ketones is 1. The zero-order valence-electron chi connectivity index (χ0n) is 6.92. The number of carbonyl (C=O) groups excluding carboxylic acids is 1. The molecule has 0 bridgehead atoms. The molecule has 2 heteroatoms. The van der Waals surface area contributed by atoms with Crippen LogP contribution in [0.15, 0.2) is 24.3 Å². The van der Waals surface area contributed by atoms with E-state index in [1.165, 1.54) is 0 Å². The van der Waals surface area contributed by atoms with Crippen molar-refractivity contribution in [3.8, 4) is 0 Å². The molecule has 1 nitrogen and oxygen atoms in total. The van der Waals surface area contributed by atoms with E-state index in [0.29, 0.717) is 5.56 Å². The van der Waals surface area contributed by atoms with E-state index >= 15 is 0 Å². The maximum atomic E-state index is 10.6. The Kier molecular flexibility index (Phi) is 4.03. The van der Waals surface area contributed by atoms with E-state index in [2.05, 4.69) is 6.92 Å².